The van der Waals surface area contributed by atoms with Crippen molar-refractivity contribution in [1.82, 2.24) is 0 Å². The van der Waals surface area contributed by atoms with Gasteiger partial charge in [-0.15, -0.1) is 0 Å². The van der Waals surface area contributed by atoms with Gasteiger partial charge in [0, 0.05) is 11.8 Å². The van der Waals surface area contributed by atoms with Crippen molar-refractivity contribution in [3.63, 3.8) is 0 Å². The summed E-state index contributed by atoms with van der Waals surface area (Å²) in [6.45, 7) is 0. The molecule has 21 heavy (non-hydrogen) atoms. The molecule has 108 valence electrons. The molecule has 2 aromatic rings. The second-order valence-electron chi connectivity index (χ2n) is 5.45. The summed E-state index contributed by atoms with van der Waals surface area (Å²) in [6, 6.07) is 17.5. The lowest BCUT2D eigenvalue weighted by Crippen LogP contribution is -2.22. The summed E-state index contributed by atoms with van der Waals surface area (Å²) in [7, 11) is 1.62. The van der Waals surface area contributed by atoms with E-state index in [1.165, 1.54) is 0 Å². The van der Waals surface area contributed by atoms with Crippen LogP contribution < -0.4 is 10.1 Å². The van der Waals surface area contributed by atoms with E-state index in [0.29, 0.717) is 5.92 Å². The summed E-state index contributed by atoms with van der Waals surface area (Å²) in [5.74, 6) is 1.22. The van der Waals surface area contributed by atoms with Crippen molar-refractivity contribution >= 4 is 11.6 Å². The molecule has 3 nitrogen and oxygen atoms in total. The molecule has 1 aliphatic rings. The molecule has 1 fully saturated rings. The number of anilines is 1. The summed E-state index contributed by atoms with van der Waals surface area (Å²) in [4.78, 5) is 12.6. The normalized spacial score (nSPS) is 15.3. The number of amides is 1. The number of benzene rings is 2. The minimum Gasteiger partial charge on any atom is -0.497 e. The fourth-order valence-corrected chi connectivity index (χ4v) is 2.65. The highest BCUT2D eigenvalue weighted by Crippen LogP contribution is 2.43. The van der Waals surface area contributed by atoms with Gasteiger partial charge < -0.3 is 10.1 Å². The van der Waals surface area contributed by atoms with Gasteiger partial charge >= 0.3 is 0 Å². The van der Waals surface area contributed by atoms with E-state index in [2.05, 4.69) is 5.32 Å². The van der Waals surface area contributed by atoms with Crippen molar-refractivity contribution in [2.75, 3.05) is 12.4 Å². The number of ether oxygens (including phenoxy) is 1. The van der Waals surface area contributed by atoms with Gasteiger partial charge in [-0.1, -0.05) is 36.4 Å². The van der Waals surface area contributed by atoms with Gasteiger partial charge in [-0.2, -0.15) is 0 Å². The molecule has 0 aliphatic heterocycles. The van der Waals surface area contributed by atoms with Crippen LogP contribution in [-0.4, -0.2) is 13.0 Å². The highest BCUT2D eigenvalue weighted by Gasteiger charge is 2.37. The number of hydrogen-bond donors (Lipinski definition) is 1. The van der Waals surface area contributed by atoms with Crippen LogP contribution in [-0.2, 0) is 4.79 Å². The Hall–Kier alpha value is -2.29. The van der Waals surface area contributed by atoms with Gasteiger partial charge in [-0.05, 0) is 36.5 Å². The van der Waals surface area contributed by atoms with E-state index in [0.717, 1.165) is 29.8 Å². The zero-order valence-corrected chi connectivity index (χ0v) is 12.1. The second-order valence-corrected chi connectivity index (χ2v) is 5.45. The molecule has 0 heterocycles. The van der Waals surface area contributed by atoms with E-state index in [1.807, 2.05) is 54.6 Å². The van der Waals surface area contributed by atoms with Crippen LogP contribution in [0.1, 0.15) is 24.3 Å². The lowest BCUT2D eigenvalue weighted by molar-refractivity contribution is -0.118. The Morgan fingerprint density at radius 1 is 1.14 bits per heavy atom. The van der Waals surface area contributed by atoms with Gasteiger partial charge in [0.2, 0.25) is 5.91 Å². The van der Waals surface area contributed by atoms with Crippen LogP contribution in [0.4, 0.5) is 5.69 Å². The van der Waals surface area contributed by atoms with Gasteiger partial charge in [0.05, 0.1) is 13.0 Å². The fourth-order valence-electron chi connectivity index (χ4n) is 2.65. The number of carbonyl (C=O) groups excluding carboxylic acids is 1. The monoisotopic (exact) mass is 281 g/mol. The van der Waals surface area contributed by atoms with Gasteiger partial charge in [0.1, 0.15) is 5.75 Å². The van der Waals surface area contributed by atoms with Crippen molar-refractivity contribution in [2.45, 2.75) is 18.8 Å². The SMILES string of the molecule is COc1cccc(NC(=O)C(c2ccccc2)C2CC2)c1. The lowest BCUT2D eigenvalue weighted by Gasteiger charge is -2.17. The molecule has 1 atom stereocenters. The zero-order valence-electron chi connectivity index (χ0n) is 12.1. The Labute approximate surface area is 124 Å². The molecule has 0 saturated heterocycles. The topological polar surface area (TPSA) is 38.3 Å². The Morgan fingerprint density at radius 2 is 1.90 bits per heavy atom. The first kappa shape index (κ1) is 13.7. The minimum atomic E-state index is -0.0580. The van der Waals surface area contributed by atoms with Crippen LogP contribution in [0.5, 0.6) is 5.75 Å². The largest absolute Gasteiger partial charge is 0.497 e. The molecular weight excluding hydrogens is 262 g/mol. The summed E-state index contributed by atoms with van der Waals surface area (Å²) in [5.41, 5.74) is 1.88. The van der Waals surface area contributed by atoms with E-state index < -0.39 is 0 Å². The van der Waals surface area contributed by atoms with Crippen LogP contribution in [0.25, 0.3) is 0 Å². The van der Waals surface area contributed by atoms with Crippen LogP contribution in [0.3, 0.4) is 0 Å². The third kappa shape index (κ3) is 3.24. The Morgan fingerprint density at radius 3 is 2.57 bits per heavy atom. The second kappa shape index (κ2) is 6.00. The van der Waals surface area contributed by atoms with Crippen LogP contribution in [0, 0.1) is 5.92 Å². The quantitative estimate of drug-likeness (QED) is 0.904. The molecule has 3 rings (SSSR count). The van der Waals surface area contributed by atoms with E-state index in [4.69, 9.17) is 4.74 Å². The molecule has 0 spiro atoms. The molecule has 1 aliphatic carbocycles. The van der Waals surface area contributed by atoms with Crippen molar-refractivity contribution in [3.05, 3.63) is 60.2 Å². The predicted octanol–water partition coefficient (Wildman–Crippen LogP) is 3.83. The third-order valence-electron chi connectivity index (χ3n) is 3.87. The van der Waals surface area contributed by atoms with Crippen molar-refractivity contribution < 1.29 is 9.53 Å². The first-order chi connectivity index (χ1) is 10.3. The summed E-state index contributed by atoms with van der Waals surface area (Å²) < 4.78 is 5.19. The van der Waals surface area contributed by atoms with Crippen LogP contribution >= 0.6 is 0 Å². The molecule has 1 N–H and O–H groups in total. The lowest BCUT2D eigenvalue weighted by atomic mass is 9.93. The van der Waals surface area contributed by atoms with Crippen LogP contribution in [0.2, 0.25) is 0 Å². The van der Waals surface area contributed by atoms with Gasteiger partial charge in [-0.25, -0.2) is 0 Å². The molecule has 1 unspecified atom stereocenters. The standard InChI is InChI=1S/C18H19NO2/c1-21-16-9-5-8-15(12-16)19-18(20)17(14-10-11-14)13-6-3-2-4-7-13/h2-9,12,14,17H,10-11H2,1H3,(H,19,20). The van der Waals surface area contributed by atoms with Crippen LogP contribution in [0.15, 0.2) is 54.6 Å². The molecular formula is C18H19NO2. The summed E-state index contributed by atoms with van der Waals surface area (Å²) in [5, 5.41) is 3.02. The van der Waals surface area contributed by atoms with Gasteiger partial charge in [-0.3, -0.25) is 4.79 Å². The number of hydrogen-bond acceptors (Lipinski definition) is 2. The highest BCUT2D eigenvalue weighted by molar-refractivity contribution is 5.96. The van der Waals surface area contributed by atoms with Gasteiger partial charge in [0.15, 0.2) is 0 Å². The van der Waals surface area contributed by atoms with Crippen molar-refractivity contribution in [1.29, 1.82) is 0 Å². The van der Waals surface area contributed by atoms with E-state index >= 15 is 0 Å². The molecule has 0 radical (unpaired) electrons. The van der Waals surface area contributed by atoms with E-state index in [9.17, 15) is 4.79 Å². The molecule has 0 bridgehead atoms. The van der Waals surface area contributed by atoms with Crippen molar-refractivity contribution in [2.24, 2.45) is 5.92 Å². The minimum absolute atomic E-state index is 0.0580. The average Bonchev–Trinajstić information content (AvgIpc) is 3.33. The van der Waals surface area contributed by atoms with Gasteiger partial charge in [0.25, 0.3) is 0 Å². The smallest absolute Gasteiger partial charge is 0.232 e. The zero-order chi connectivity index (χ0) is 14.7. The number of rotatable bonds is 5. The first-order valence-electron chi connectivity index (χ1n) is 7.28. The predicted molar refractivity (Wildman–Crippen MR) is 83.5 cm³/mol. The summed E-state index contributed by atoms with van der Waals surface area (Å²) >= 11 is 0. The number of carbonyl (C=O) groups is 1. The maximum absolute atomic E-state index is 12.6. The maximum atomic E-state index is 12.6. The maximum Gasteiger partial charge on any atom is 0.232 e. The van der Waals surface area contributed by atoms with E-state index in [-0.39, 0.29) is 11.8 Å². The third-order valence-corrected chi connectivity index (χ3v) is 3.87. The van der Waals surface area contributed by atoms with Crippen molar-refractivity contribution in [3.8, 4) is 5.75 Å². The number of methoxy groups -OCH3 is 1. The first-order valence-corrected chi connectivity index (χ1v) is 7.28. The molecule has 0 aromatic heterocycles. The summed E-state index contributed by atoms with van der Waals surface area (Å²) in [6.07, 6.45) is 2.26. The Bertz CT molecular complexity index is 620. The molecule has 1 saturated carbocycles. The Kier molecular flexibility index (Phi) is 3.91. The fraction of sp³-hybridized carbons (Fsp3) is 0.278. The highest BCUT2D eigenvalue weighted by atomic mass is 16.5. The molecule has 2 aromatic carbocycles. The molecule has 1 amide bonds. The Balaban J connectivity index is 1.78. The average molecular weight is 281 g/mol. The molecule has 3 heteroatoms. The number of nitrogens with one attached hydrogen (secondary N) is 1. The van der Waals surface area contributed by atoms with E-state index in [1.54, 1.807) is 7.11 Å².